The van der Waals surface area contributed by atoms with E-state index in [1.807, 2.05) is 27.7 Å². The number of hydrogen-bond donors (Lipinski definition) is 0. The van der Waals surface area contributed by atoms with E-state index >= 15 is 0 Å². The van der Waals surface area contributed by atoms with Gasteiger partial charge >= 0.3 is 11.9 Å². The van der Waals surface area contributed by atoms with E-state index in [1.54, 1.807) is 0 Å². The summed E-state index contributed by atoms with van der Waals surface area (Å²) in [7, 11) is 0. The number of imide groups is 2. The van der Waals surface area contributed by atoms with Gasteiger partial charge in [-0.15, -0.1) is 10.1 Å². The first kappa shape index (κ1) is 39.2. The number of amides is 4. The Labute approximate surface area is 271 Å². The summed E-state index contributed by atoms with van der Waals surface area (Å²) in [6.07, 6.45) is 1.34. The first-order valence-corrected chi connectivity index (χ1v) is 15.8. The van der Waals surface area contributed by atoms with Crippen LogP contribution in [0.2, 0.25) is 0 Å². The van der Waals surface area contributed by atoms with Gasteiger partial charge in [-0.3, -0.25) is 19.2 Å². The van der Waals surface area contributed by atoms with Crippen LogP contribution in [0.3, 0.4) is 0 Å². The second kappa shape index (κ2) is 15.8. The number of ether oxygens (including phenoxy) is 4. The van der Waals surface area contributed by atoms with E-state index in [4.69, 9.17) is 28.6 Å². The standard InChI is InChI=1S/C32H52N2O12/c1-21(2)19-22(44-30(5,6)16-18-42-32(9,10)28(40)46-34-25(37)13-14-26(34)38)20-43-29(3,4)15-17-41-31(7,8)27(39)45-33-23(35)11-12-24(33)36/h21-22H,11-20H2,1-10H3. The Morgan fingerprint density at radius 2 is 1.00 bits per heavy atom. The summed E-state index contributed by atoms with van der Waals surface area (Å²) in [6.45, 7) is 18.4. The Balaban J connectivity index is 1.84. The summed E-state index contributed by atoms with van der Waals surface area (Å²) in [5, 5.41) is 1.00. The van der Waals surface area contributed by atoms with E-state index in [9.17, 15) is 28.8 Å². The number of carbonyl (C=O) groups is 6. The van der Waals surface area contributed by atoms with Crippen molar-refractivity contribution >= 4 is 35.6 Å². The third-order valence-corrected chi connectivity index (χ3v) is 7.56. The Hall–Kier alpha value is -2.94. The van der Waals surface area contributed by atoms with Gasteiger partial charge in [-0.05, 0) is 80.6 Å². The van der Waals surface area contributed by atoms with Crippen molar-refractivity contribution in [1.82, 2.24) is 10.1 Å². The van der Waals surface area contributed by atoms with Crippen molar-refractivity contribution in [2.45, 2.75) is 143 Å². The Kier molecular flexibility index (Phi) is 13.5. The monoisotopic (exact) mass is 656 g/mol. The van der Waals surface area contributed by atoms with Crippen LogP contribution in [0.4, 0.5) is 0 Å². The number of hydroxylamine groups is 4. The number of hydrogen-bond acceptors (Lipinski definition) is 12. The molecule has 46 heavy (non-hydrogen) atoms. The van der Waals surface area contributed by atoms with Crippen LogP contribution in [-0.4, -0.2) is 94.0 Å². The van der Waals surface area contributed by atoms with Crippen molar-refractivity contribution in [1.29, 1.82) is 0 Å². The summed E-state index contributed by atoms with van der Waals surface area (Å²) in [5.74, 6) is -3.60. The fourth-order valence-corrected chi connectivity index (χ4v) is 4.50. The Morgan fingerprint density at radius 1 is 0.630 bits per heavy atom. The van der Waals surface area contributed by atoms with E-state index in [-0.39, 0.29) is 51.6 Å². The van der Waals surface area contributed by atoms with Crippen LogP contribution in [0.25, 0.3) is 0 Å². The van der Waals surface area contributed by atoms with Gasteiger partial charge in [0.1, 0.15) is 0 Å². The molecule has 0 aromatic carbocycles. The summed E-state index contributed by atoms with van der Waals surface area (Å²) in [4.78, 5) is 82.3. The zero-order valence-electron chi connectivity index (χ0n) is 29.0. The first-order chi connectivity index (χ1) is 21.0. The predicted octanol–water partition coefficient (Wildman–Crippen LogP) is 3.58. The zero-order chi connectivity index (χ0) is 35.1. The van der Waals surface area contributed by atoms with E-state index in [0.29, 0.717) is 28.9 Å². The van der Waals surface area contributed by atoms with E-state index in [0.717, 1.165) is 6.42 Å². The average Bonchev–Trinajstić information content (AvgIpc) is 3.41. The van der Waals surface area contributed by atoms with E-state index in [1.165, 1.54) is 27.7 Å². The molecule has 4 amide bonds. The second-order valence-electron chi connectivity index (χ2n) is 14.3. The van der Waals surface area contributed by atoms with Gasteiger partial charge < -0.3 is 28.6 Å². The van der Waals surface area contributed by atoms with Gasteiger partial charge in [0.05, 0.1) is 37.1 Å². The van der Waals surface area contributed by atoms with Crippen LogP contribution in [-0.2, 0) is 57.4 Å². The molecule has 0 aromatic heterocycles. The van der Waals surface area contributed by atoms with E-state index < -0.39 is 58.0 Å². The average molecular weight is 657 g/mol. The molecule has 1 atom stereocenters. The minimum Gasteiger partial charge on any atom is -0.373 e. The summed E-state index contributed by atoms with van der Waals surface area (Å²) >= 11 is 0. The fourth-order valence-electron chi connectivity index (χ4n) is 4.50. The maximum Gasteiger partial charge on any atom is 0.364 e. The molecule has 0 radical (unpaired) electrons. The molecule has 0 aliphatic carbocycles. The van der Waals surface area contributed by atoms with Gasteiger partial charge in [-0.1, -0.05) is 13.8 Å². The highest BCUT2D eigenvalue weighted by Crippen LogP contribution is 2.26. The van der Waals surface area contributed by atoms with Gasteiger partial charge in [-0.25, -0.2) is 9.59 Å². The van der Waals surface area contributed by atoms with Crippen molar-refractivity contribution in [3.8, 4) is 0 Å². The van der Waals surface area contributed by atoms with Gasteiger partial charge in [0.15, 0.2) is 11.2 Å². The molecule has 0 bridgehead atoms. The molecule has 2 aliphatic rings. The highest BCUT2D eigenvalue weighted by atomic mass is 16.7. The van der Waals surface area contributed by atoms with Crippen LogP contribution in [0.15, 0.2) is 0 Å². The van der Waals surface area contributed by atoms with Gasteiger partial charge in [-0.2, -0.15) is 0 Å². The molecular formula is C32H52N2O12. The number of nitrogens with zero attached hydrogens (tertiary/aromatic N) is 2. The second-order valence-corrected chi connectivity index (χ2v) is 14.3. The highest BCUT2D eigenvalue weighted by Gasteiger charge is 2.40. The minimum absolute atomic E-state index is 0.00678. The van der Waals surface area contributed by atoms with Crippen LogP contribution in [0.5, 0.6) is 0 Å². The summed E-state index contributed by atoms with van der Waals surface area (Å²) < 4.78 is 24.3. The summed E-state index contributed by atoms with van der Waals surface area (Å²) in [5.41, 5.74) is -4.10. The Bertz CT molecular complexity index is 1110. The molecule has 0 saturated carbocycles. The van der Waals surface area contributed by atoms with Crippen molar-refractivity contribution in [3.05, 3.63) is 0 Å². The lowest BCUT2D eigenvalue weighted by Crippen LogP contribution is -2.44. The third kappa shape index (κ3) is 12.0. The molecule has 0 spiro atoms. The lowest BCUT2D eigenvalue weighted by Gasteiger charge is -2.35. The molecule has 0 aromatic rings. The van der Waals surface area contributed by atoms with Crippen LogP contribution >= 0.6 is 0 Å². The summed E-state index contributed by atoms with van der Waals surface area (Å²) in [6, 6.07) is 0. The van der Waals surface area contributed by atoms with Crippen LogP contribution in [0.1, 0.15) is 114 Å². The number of rotatable bonds is 19. The van der Waals surface area contributed by atoms with Crippen LogP contribution in [0, 0.1) is 5.92 Å². The lowest BCUT2D eigenvalue weighted by atomic mass is 10.0. The molecule has 2 fully saturated rings. The smallest absolute Gasteiger partial charge is 0.364 e. The molecule has 14 heteroatoms. The molecule has 1 unspecified atom stereocenters. The zero-order valence-corrected chi connectivity index (χ0v) is 29.0. The maximum absolute atomic E-state index is 12.6. The number of carbonyl (C=O) groups excluding carboxylic acids is 6. The van der Waals surface area contributed by atoms with Gasteiger partial charge in [0.25, 0.3) is 23.6 Å². The minimum atomic E-state index is -1.40. The van der Waals surface area contributed by atoms with Crippen molar-refractivity contribution in [2.75, 3.05) is 19.8 Å². The van der Waals surface area contributed by atoms with Crippen LogP contribution < -0.4 is 0 Å². The molecule has 14 nitrogen and oxygen atoms in total. The van der Waals surface area contributed by atoms with Gasteiger partial charge in [0.2, 0.25) is 0 Å². The van der Waals surface area contributed by atoms with E-state index in [2.05, 4.69) is 13.8 Å². The van der Waals surface area contributed by atoms with Gasteiger partial charge in [0, 0.05) is 25.7 Å². The molecule has 0 N–H and O–H groups in total. The fraction of sp³-hybridized carbons (Fsp3) is 0.812. The van der Waals surface area contributed by atoms with Crippen molar-refractivity contribution in [3.63, 3.8) is 0 Å². The molecule has 2 aliphatic heterocycles. The maximum atomic E-state index is 12.6. The molecule has 262 valence electrons. The molecule has 2 rings (SSSR count). The Morgan fingerprint density at radius 3 is 1.37 bits per heavy atom. The highest BCUT2D eigenvalue weighted by molar-refractivity contribution is 6.02. The molecular weight excluding hydrogens is 604 g/mol. The largest absolute Gasteiger partial charge is 0.373 e. The SMILES string of the molecule is CC(C)CC(COC(C)(C)CCOC(C)(C)C(=O)ON1C(=O)CCC1=O)OC(C)(C)CCOC(C)(C)C(=O)ON1C(=O)CCC1=O. The predicted molar refractivity (Wildman–Crippen MR) is 162 cm³/mol. The van der Waals surface area contributed by atoms with Crippen molar-refractivity contribution in [2.24, 2.45) is 5.92 Å². The quantitative estimate of drug-likeness (QED) is 0.186. The topological polar surface area (TPSA) is 164 Å². The molecule has 2 heterocycles. The van der Waals surface area contributed by atoms with Crippen molar-refractivity contribution < 1.29 is 57.4 Å². The first-order valence-electron chi connectivity index (χ1n) is 15.8. The normalized spacial score (nSPS) is 17.4. The third-order valence-electron chi connectivity index (χ3n) is 7.56. The lowest BCUT2D eigenvalue weighted by molar-refractivity contribution is -0.213. The molecule has 2 saturated heterocycles.